The molecule has 0 fully saturated rings. The molecule has 1 aliphatic heterocycles. The van der Waals surface area contributed by atoms with Crippen molar-refractivity contribution >= 4 is 5.84 Å². The lowest BCUT2D eigenvalue weighted by Gasteiger charge is -2.12. The molecule has 0 saturated carbocycles. The predicted molar refractivity (Wildman–Crippen MR) is 43.2 cm³/mol. The van der Waals surface area contributed by atoms with Crippen molar-refractivity contribution in [2.24, 2.45) is 10.7 Å². The number of amidine groups is 1. The lowest BCUT2D eigenvalue weighted by Crippen LogP contribution is -2.30. The summed E-state index contributed by atoms with van der Waals surface area (Å²) in [5.41, 5.74) is 5.33. The minimum atomic E-state index is 0.693. The van der Waals surface area contributed by atoms with Crippen LogP contribution in [0.2, 0.25) is 0 Å². The van der Waals surface area contributed by atoms with Crippen LogP contribution in [-0.4, -0.2) is 25.5 Å². The van der Waals surface area contributed by atoms with E-state index >= 15 is 0 Å². The van der Waals surface area contributed by atoms with E-state index in [1.165, 1.54) is 12.8 Å². The van der Waals surface area contributed by atoms with Crippen LogP contribution in [-0.2, 0) is 0 Å². The smallest absolute Gasteiger partial charge is 0.0963 e. The van der Waals surface area contributed by atoms with E-state index < -0.39 is 0 Å². The first-order valence-corrected chi connectivity index (χ1v) is 3.91. The van der Waals surface area contributed by atoms with Crippen molar-refractivity contribution in [3.8, 4) is 0 Å². The molecule has 58 valence electrons. The molecule has 1 aliphatic rings. The van der Waals surface area contributed by atoms with Gasteiger partial charge in [-0.2, -0.15) is 0 Å². The Labute approximate surface area is 61.7 Å². The highest BCUT2D eigenvalue weighted by atomic mass is 15.0. The molecule has 0 bridgehead atoms. The third-order valence-electron chi connectivity index (χ3n) is 1.60. The number of aliphatic imine (C=N–C) groups is 1. The van der Waals surface area contributed by atoms with Gasteiger partial charge in [-0.25, -0.2) is 0 Å². The monoisotopic (exact) mass is 141 g/mol. The third-order valence-corrected chi connectivity index (χ3v) is 1.60. The molecule has 0 spiro atoms. The minimum Gasteiger partial charge on any atom is -0.373 e. The zero-order valence-corrected chi connectivity index (χ0v) is 6.27. The van der Waals surface area contributed by atoms with Gasteiger partial charge in [-0.15, -0.1) is 0 Å². The number of hydrogen-bond donors (Lipinski definition) is 2. The van der Waals surface area contributed by atoms with Crippen molar-refractivity contribution in [1.82, 2.24) is 5.32 Å². The summed E-state index contributed by atoms with van der Waals surface area (Å²) in [6.07, 6.45) is 3.63. The molecule has 3 nitrogen and oxygen atoms in total. The first kappa shape index (κ1) is 7.54. The lowest BCUT2D eigenvalue weighted by atomic mass is 10.2. The van der Waals surface area contributed by atoms with Crippen LogP contribution in [0.3, 0.4) is 0 Å². The summed E-state index contributed by atoms with van der Waals surface area (Å²) in [6.45, 7) is 2.55. The lowest BCUT2D eigenvalue weighted by molar-refractivity contribution is 0.706. The number of rotatable bonds is 2. The van der Waals surface area contributed by atoms with Gasteiger partial charge in [-0.05, 0) is 12.8 Å². The Balaban J connectivity index is 2.18. The van der Waals surface area contributed by atoms with Crippen molar-refractivity contribution in [3.05, 3.63) is 0 Å². The van der Waals surface area contributed by atoms with Crippen molar-refractivity contribution in [1.29, 1.82) is 0 Å². The van der Waals surface area contributed by atoms with Gasteiger partial charge in [-0.3, -0.25) is 4.99 Å². The van der Waals surface area contributed by atoms with Crippen LogP contribution in [0.5, 0.6) is 0 Å². The van der Waals surface area contributed by atoms with Gasteiger partial charge in [0.2, 0.25) is 0 Å². The van der Waals surface area contributed by atoms with E-state index in [0.717, 1.165) is 25.3 Å². The van der Waals surface area contributed by atoms with Crippen LogP contribution in [0, 0.1) is 0 Å². The second-order valence-electron chi connectivity index (χ2n) is 2.50. The van der Waals surface area contributed by atoms with Crippen LogP contribution in [0.1, 0.15) is 19.3 Å². The maximum absolute atomic E-state index is 5.33. The summed E-state index contributed by atoms with van der Waals surface area (Å²) < 4.78 is 0. The van der Waals surface area contributed by atoms with Gasteiger partial charge in [0.15, 0.2) is 0 Å². The maximum Gasteiger partial charge on any atom is 0.0963 e. The van der Waals surface area contributed by atoms with E-state index in [-0.39, 0.29) is 0 Å². The fourth-order valence-corrected chi connectivity index (χ4v) is 1.06. The summed E-state index contributed by atoms with van der Waals surface area (Å²) >= 11 is 0. The molecule has 0 unspecified atom stereocenters. The molecule has 0 aliphatic carbocycles. The Bertz CT molecular complexity index is 120. The molecule has 10 heavy (non-hydrogen) atoms. The minimum absolute atomic E-state index is 0.693. The van der Waals surface area contributed by atoms with E-state index in [4.69, 9.17) is 5.73 Å². The fourth-order valence-electron chi connectivity index (χ4n) is 1.06. The first-order valence-electron chi connectivity index (χ1n) is 3.91. The van der Waals surface area contributed by atoms with Crippen molar-refractivity contribution in [3.63, 3.8) is 0 Å². The maximum atomic E-state index is 5.33. The van der Waals surface area contributed by atoms with E-state index in [9.17, 15) is 0 Å². The summed E-state index contributed by atoms with van der Waals surface area (Å²) in [6, 6.07) is 0. The zero-order valence-electron chi connectivity index (χ0n) is 6.27. The summed E-state index contributed by atoms with van der Waals surface area (Å²) in [4.78, 5) is 4.32. The molecular weight excluding hydrogens is 126 g/mol. The molecule has 1 heterocycles. The Morgan fingerprint density at radius 1 is 1.50 bits per heavy atom. The largest absolute Gasteiger partial charge is 0.373 e. The van der Waals surface area contributed by atoms with E-state index in [1.807, 2.05) is 0 Å². The van der Waals surface area contributed by atoms with Crippen LogP contribution in [0.25, 0.3) is 0 Å². The van der Waals surface area contributed by atoms with Gasteiger partial charge in [0.05, 0.1) is 5.84 Å². The van der Waals surface area contributed by atoms with Crippen molar-refractivity contribution in [2.45, 2.75) is 19.3 Å². The van der Waals surface area contributed by atoms with Gasteiger partial charge in [0, 0.05) is 26.1 Å². The topological polar surface area (TPSA) is 50.4 Å². The average Bonchev–Trinajstić information content (AvgIpc) is 2.03. The van der Waals surface area contributed by atoms with Crippen LogP contribution < -0.4 is 11.1 Å². The highest BCUT2D eigenvalue weighted by molar-refractivity contribution is 5.82. The normalized spacial score (nSPS) is 18.3. The average molecular weight is 141 g/mol. The molecule has 0 aromatic rings. The number of nitrogens with two attached hydrogens (primary N) is 1. The summed E-state index contributed by atoms with van der Waals surface area (Å²) in [5.74, 6) is 1.15. The van der Waals surface area contributed by atoms with Crippen LogP contribution >= 0.6 is 0 Å². The Hall–Kier alpha value is -0.570. The SMILES string of the molecule is NCCNC1=NCCCC1. The highest BCUT2D eigenvalue weighted by Gasteiger charge is 2.02. The molecule has 0 aromatic carbocycles. The molecule has 0 saturated heterocycles. The van der Waals surface area contributed by atoms with Crippen molar-refractivity contribution < 1.29 is 0 Å². The summed E-state index contributed by atoms with van der Waals surface area (Å²) in [5, 5.41) is 3.20. The van der Waals surface area contributed by atoms with Gasteiger partial charge in [0.1, 0.15) is 0 Å². The molecule has 3 N–H and O–H groups in total. The summed E-state index contributed by atoms with van der Waals surface area (Å²) in [7, 11) is 0. The second kappa shape index (κ2) is 4.28. The molecule has 0 aromatic heterocycles. The molecule has 3 heteroatoms. The highest BCUT2D eigenvalue weighted by Crippen LogP contribution is 2.03. The number of nitrogens with zero attached hydrogens (tertiary/aromatic N) is 1. The van der Waals surface area contributed by atoms with Crippen molar-refractivity contribution in [2.75, 3.05) is 19.6 Å². The van der Waals surface area contributed by atoms with Gasteiger partial charge in [0.25, 0.3) is 0 Å². The Morgan fingerprint density at radius 3 is 3.00 bits per heavy atom. The third kappa shape index (κ3) is 2.35. The number of nitrogens with one attached hydrogen (secondary N) is 1. The standard InChI is InChI=1S/C7H15N3/c8-4-6-10-7-3-1-2-5-9-7/h1-6,8H2,(H,9,10). The molecule has 0 atom stereocenters. The zero-order chi connectivity index (χ0) is 7.23. The molecular formula is C7H15N3. The van der Waals surface area contributed by atoms with Gasteiger partial charge < -0.3 is 11.1 Å². The second-order valence-corrected chi connectivity index (χ2v) is 2.50. The number of hydrogen-bond acceptors (Lipinski definition) is 3. The van der Waals surface area contributed by atoms with Gasteiger partial charge in [-0.1, -0.05) is 0 Å². The molecule has 0 radical (unpaired) electrons. The quantitative estimate of drug-likeness (QED) is 0.573. The van der Waals surface area contributed by atoms with E-state index in [0.29, 0.717) is 6.54 Å². The van der Waals surface area contributed by atoms with E-state index in [1.54, 1.807) is 0 Å². The first-order chi connectivity index (χ1) is 4.93. The van der Waals surface area contributed by atoms with Crippen LogP contribution in [0.15, 0.2) is 4.99 Å². The molecule has 0 amide bonds. The van der Waals surface area contributed by atoms with Crippen LogP contribution in [0.4, 0.5) is 0 Å². The molecule has 1 rings (SSSR count). The Morgan fingerprint density at radius 2 is 2.40 bits per heavy atom. The predicted octanol–water partition coefficient (Wildman–Crippen LogP) is 0.117. The van der Waals surface area contributed by atoms with E-state index in [2.05, 4.69) is 10.3 Å². The Kier molecular flexibility index (Phi) is 3.22. The fraction of sp³-hybridized carbons (Fsp3) is 0.857. The van der Waals surface area contributed by atoms with Gasteiger partial charge >= 0.3 is 0 Å².